The summed E-state index contributed by atoms with van der Waals surface area (Å²) in [6.07, 6.45) is 0. The van der Waals surface area contributed by atoms with Gasteiger partial charge in [-0.15, -0.1) is 0 Å². The fourth-order valence-electron chi connectivity index (χ4n) is 1.25. The Balaban J connectivity index is 3.55. The van der Waals surface area contributed by atoms with Crippen molar-refractivity contribution < 1.29 is 4.79 Å². The number of carbonyl (C=O) groups excluding carboxylic acids is 1. The van der Waals surface area contributed by atoms with Crippen LogP contribution in [-0.2, 0) is 0 Å². The molecule has 0 unspecified atom stereocenters. The number of nitrogen functional groups attached to an aromatic ring is 1. The number of hydrogen-bond donors (Lipinski definition) is 1. The van der Waals surface area contributed by atoms with Crippen LogP contribution in [0.5, 0.6) is 0 Å². The summed E-state index contributed by atoms with van der Waals surface area (Å²) in [4.78, 5) is 11.2. The molecule has 66 valence electrons. The SMILES string of the molecule is CC(=O)c1c(N)ccc(C)c1C#N. The highest BCUT2D eigenvalue weighted by Crippen LogP contribution is 2.20. The highest BCUT2D eigenvalue weighted by molar-refractivity contribution is 6.01. The van der Waals surface area contributed by atoms with Gasteiger partial charge in [-0.2, -0.15) is 5.26 Å². The minimum atomic E-state index is -0.169. The van der Waals surface area contributed by atoms with E-state index in [1.165, 1.54) is 6.92 Å². The van der Waals surface area contributed by atoms with E-state index in [0.717, 1.165) is 5.56 Å². The molecule has 3 heteroatoms. The van der Waals surface area contributed by atoms with E-state index < -0.39 is 0 Å². The molecule has 0 heterocycles. The number of nitrogens with zero attached hydrogens (tertiary/aromatic N) is 1. The Bertz CT molecular complexity index is 402. The van der Waals surface area contributed by atoms with Gasteiger partial charge in [0.15, 0.2) is 5.78 Å². The number of hydrogen-bond acceptors (Lipinski definition) is 3. The second kappa shape index (κ2) is 3.28. The number of Topliss-reactive ketones (excluding diaryl/α,β-unsaturated/α-hetero) is 1. The third-order valence-corrected chi connectivity index (χ3v) is 1.91. The smallest absolute Gasteiger partial charge is 0.163 e. The Labute approximate surface area is 76.8 Å². The van der Waals surface area contributed by atoms with Crippen molar-refractivity contribution in [2.45, 2.75) is 13.8 Å². The van der Waals surface area contributed by atoms with Crippen molar-refractivity contribution in [1.29, 1.82) is 5.26 Å². The fraction of sp³-hybridized carbons (Fsp3) is 0.200. The lowest BCUT2D eigenvalue weighted by atomic mass is 9.98. The Kier molecular flexibility index (Phi) is 2.34. The molecule has 0 spiro atoms. The molecule has 0 aromatic heterocycles. The third-order valence-electron chi connectivity index (χ3n) is 1.91. The molecule has 0 aliphatic carbocycles. The van der Waals surface area contributed by atoms with E-state index in [1.54, 1.807) is 19.1 Å². The van der Waals surface area contributed by atoms with Gasteiger partial charge in [-0.3, -0.25) is 4.79 Å². The molecule has 0 aliphatic heterocycles. The van der Waals surface area contributed by atoms with E-state index in [9.17, 15) is 4.79 Å². The first-order valence-electron chi connectivity index (χ1n) is 3.88. The van der Waals surface area contributed by atoms with Gasteiger partial charge in [0.1, 0.15) is 6.07 Å². The quantitative estimate of drug-likeness (QED) is 0.520. The van der Waals surface area contributed by atoms with Crippen LogP contribution in [0.15, 0.2) is 12.1 Å². The zero-order valence-electron chi connectivity index (χ0n) is 7.59. The van der Waals surface area contributed by atoms with Gasteiger partial charge in [-0.1, -0.05) is 6.07 Å². The average Bonchev–Trinajstić information content (AvgIpc) is 2.07. The van der Waals surface area contributed by atoms with Crippen LogP contribution in [0, 0.1) is 18.3 Å². The Morgan fingerprint density at radius 3 is 2.54 bits per heavy atom. The minimum Gasteiger partial charge on any atom is -0.398 e. The van der Waals surface area contributed by atoms with Gasteiger partial charge in [0.2, 0.25) is 0 Å². The first-order valence-corrected chi connectivity index (χ1v) is 3.88. The molecule has 0 saturated heterocycles. The topological polar surface area (TPSA) is 66.9 Å². The zero-order valence-corrected chi connectivity index (χ0v) is 7.59. The summed E-state index contributed by atoms with van der Waals surface area (Å²) in [5.41, 5.74) is 7.46. The Morgan fingerprint density at radius 1 is 1.54 bits per heavy atom. The van der Waals surface area contributed by atoms with E-state index in [1.807, 2.05) is 6.07 Å². The first kappa shape index (κ1) is 9.27. The summed E-state index contributed by atoms with van der Waals surface area (Å²) in [7, 11) is 0. The van der Waals surface area contributed by atoms with E-state index in [4.69, 9.17) is 11.0 Å². The van der Waals surface area contributed by atoms with Gasteiger partial charge in [-0.05, 0) is 25.5 Å². The highest BCUT2D eigenvalue weighted by Gasteiger charge is 2.12. The van der Waals surface area contributed by atoms with Crippen LogP contribution in [0.2, 0.25) is 0 Å². The van der Waals surface area contributed by atoms with Gasteiger partial charge in [-0.25, -0.2) is 0 Å². The summed E-state index contributed by atoms with van der Waals surface area (Å²) in [5.74, 6) is -0.169. The van der Waals surface area contributed by atoms with Gasteiger partial charge >= 0.3 is 0 Å². The van der Waals surface area contributed by atoms with Crippen LogP contribution in [0.1, 0.15) is 28.4 Å². The van der Waals surface area contributed by atoms with Crippen molar-refractivity contribution >= 4 is 11.5 Å². The Hall–Kier alpha value is -1.82. The third kappa shape index (κ3) is 1.52. The van der Waals surface area contributed by atoms with E-state index in [2.05, 4.69) is 0 Å². The van der Waals surface area contributed by atoms with Gasteiger partial charge in [0.05, 0.1) is 11.1 Å². The lowest BCUT2D eigenvalue weighted by molar-refractivity contribution is 0.101. The van der Waals surface area contributed by atoms with Crippen LogP contribution in [0.25, 0.3) is 0 Å². The molecule has 0 amide bonds. The first-order chi connectivity index (χ1) is 6.07. The van der Waals surface area contributed by atoms with Crippen molar-refractivity contribution in [3.8, 4) is 6.07 Å². The molecular weight excluding hydrogens is 164 g/mol. The average molecular weight is 174 g/mol. The minimum absolute atomic E-state index is 0.169. The molecule has 3 nitrogen and oxygen atoms in total. The largest absolute Gasteiger partial charge is 0.398 e. The van der Waals surface area contributed by atoms with Crippen LogP contribution >= 0.6 is 0 Å². The van der Waals surface area contributed by atoms with Crippen LogP contribution in [0.3, 0.4) is 0 Å². The normalized spacial score (nSPS) is 9.31. The maximum absolute atomic E-state index is 11.2. The number of ketones is 1. The summed E-state index contributed by atoms with van der Waals surface area (Å²) in [5, 5.41) is 8.81. The maximum atomic E-state index is 11.2. The van der Waals surface area contributed by atoms with Crippen LogP contribution in [-0.4, -0.2) is 5.78 Å². The number of nitrogens with two attached hydrogens (primary N) is 1. The molecule has 0 saturated carbocycles. The van der Waals surface area contributed by atoms with E-state index in [-0.39, 0.29) is 5.78 Å². The van der Waals surface area contributed by atoms with Gasteiger partial charge in [0.25, 0.3) is 0 Å². The molecule has 0 fully saturated rings. The zero-order chi connectivity index (χ0) is 10.0. The molecule has 1 rings (SSSR count). The monoisotopic (exact) mass is 174 g/mol. The molecule has 1 aromatic carbocycles. The second-order valence-corrected chi connectivity index (χ2v) is 2.89. The number of anilines is 1. The number of benzene rings is 1. The van der Waals surface area contributed by atoms with Crippen molar-refractivity contribution in [1.82, 2.24) is 0 Å². The summed E-state index contributed by atoms with van der Waals surface area (Å²) < 4.78 is 0. The molecule has 13 heavy (non-hydrogen) atoms. The summed E-state index contributed by atoms with van der Waals surface area (Å²) >= 11 is 0. The van der Waals surface area contributed by atoms with E-state index >= 15 is 0 Å². The molecule has 0 radical (unpaired) electrons. The summed E-state index contributed by atoms with van der Waals surface area (Å²) in [6.45, 7) is 3.19. The molecule has 0 bridgehead atoms. The second-order valence-electron chi connectivity index (χ2n) is 2.89. The predicted octanol–water partition coefficient (Wildman–Crippen LogP) is 1.65. The number of nitriles is 1. The van der Waals surface area contributed by atoms with Crippen molar-refractivity contribution in [3.05, 3.63) is 28.8 Å². The number of aryl methyl sites for hydroxylation is 1. The summed E-state index contributed by atoms with van der Waals surface area (Å²) in [6, 6.07) is 5.37. The van der Waals surface area contributed by atoms with Crippen molar-refractivity contribution in [3.63, 3.8) is 0 Å². The molecule has 2 N–H and O–H groups in total. The van der Waals surface area contributed by atoms with Crippen LogP contribution in [0.4, 0.5) is 5.69 Å². The lowest BCUT2D eigenvalue weighted by Crippen LogP contribution is -2.04. The molecule has 0 aliphatic rings. The van der Waals surface area contributed by atoms with Gasteiger partial charge in [0, 0.05) is 5.69 Å². The highest BCUT2D eigenvalue weighted by atomic mass is 16.1. The van der Waals surface area contributed by atoms with Crippen molar-refractivity contribution in [2.24, 2.45) is 0 Å². The molecule has 0 atom stereocenters. The molecule has 1 aromatic rings. The van der Waals surface area contributed by atoms with Crippen LogP contribution < -0.4 is 5.73 Å². The number of carbonyl (C=O) groups is 1. The number of rotatable bonds is 1. The molecular formula is C10H10N2O. The standard InChI is InChI=1S/C10H10N2O/c1-6-3-4-9(12)10(7(2)13)8(6)5-11/h3-4H,12H2,1-2H3. The van der Waals surface area contributed by atoms with E-state index in [0.29, 0.717) is 16.8 Å². The lowest BCUT2D eigenvalue weighted by Gasteiger charge is -2.06. The van der Waals surface area contributed by atoms with Crippen molar-refractivity contribution in [2.75, 3.05) is 5.73 Å². The maximum Gasteiger partial charge on any atom is 0.163 e. The van der Waals surface area contributed by atoms with Gasteiger partial charge < -0.3 is 5.73 Å². The predicted molar refractivity (Wildman–Crippen MR) is 50.3 cm³/mol. The Morgan fingerprint density at radius 2 is 2.15 bits per heavy atom. The fourth-order valence-corrected chi connectivity index (χ4v) is 1.25.